The van der Waals surface area contributed by atoms with Gasteiger partial charge in [0.2, 0.25) is 5.52 Å². The molecule has 0 saturated carbocycles. The summed E-state index contributed by atoms with van der Waals surface area (Å²) in [5.74, 6) is -1.92. The Labute approximate surface area is 132 Å². The normalized spacial score (nSPS) is 11.6. The highest BCUT2D eigenvalue weighted by atomic mass is 16.5. The van der Waals surface area contributed by atoms with E-state index in [4.69, 9.17) is 9.84 Å². The maximum absolute atomic E-state index is 12.1. The minimum Gasteiger partial charge on any atom is -0.478 e. The SMILES string of the molecule is COC(=O)/C(=C/C(=O)O)[n+]1cc2ccccc2c2ccccc21. The van der Waals surface area contributed by atoms with Gasteiger partial charge in [0.1, 0.15) is 6.08 Å². The van der Waals surface area contributed by atoms with Gasteiger partial charge in [-0.15, -0.1) is 0 Å². The molecule has 0 saturated heterocycles. The Bertz CT molecular complexity index is 960. The van der Waals surface area contributed by atoms with E-state index >= 15 is 0 Å². The first-order valence-corrected chi connectivity index (χ1v) is 6.97. The summed E-state index contributed by atoms with van der Waals surface area (Å²) >= 11 is 0. The molecule has 0 spiro atoms. The molecule has 0 aliphatic heterocycles. The van der Waals surface area contributed by atoms with Crippen molar-refractivity contribution in [3.8, 4) is 0 Å². The number of rotatable bonds is 3. The Hall–Kier alpha value is -3.21. The van der Waals surface area contributed by atoms with Crippen molar-refractivity contribution >= 4 is 39.3 Å². The molecule has 0 bridgehead atoms. The van der Waals surface area contributed by atoms with Crippen molar-refractivity contribution in [3.05, 3.63) is 60.8 Å². The number of pyridine rings is 1. The van der Waals surface area contributed by atoms with Gasteiger partial charge < -0.3 is 9.84 Å². The second-order valence-corrected chi connectivity index (χ2v) is 4.96. The Kier molecular flexibility index (Phi) is 3.76. The smallest absolute Gasteiger partial charge is 0.404 e. The van der Waals surface area contributed by atoms with Gasteiger partial charge in [-0.1, -0.05) is 30.3 Å². The van der Waals surface area contributed by atoms with Gasteiger partial charge in [0, 0.05) is 16.8 Å². The van der Waals surface area contributed by atoms with Crippen LogP contribution in [0.4, 0.5) is 0 Å². The van der Waals surface area contributed by atoms with E-state index in [1.54, 1.807) is 10.8 Å². The van der Waals surface area contributed by atoms with E-state index in [9.17, 15) is 9.59 Å². The van der Waals surface area contributed by atoms with Gasteiger partial charge in [-0.3, -0.25) is 0 Å². The van der Waals surface area contributed by atoms with Gasteiger partial charge in [-0.25, -0.2) is 9.59 Å². The fourth-order valence-electron chi connectivity index (χ4n) is 2.62. The van der Waals surface area contributed by atoms with Gasteiger partial charge in [-0.2, -0.15) is 4.57 Å². The van der Waals surface area contributed by atoms with Crippen molar-refractivity contribution in [3.63, 3.8) is 0 Å². The molecular formula is C18H14NO4+. The van der Waals surface area contributed by atoms with Crippen LogP contribution in [-0.4, -0.2) is 24.2 Å². The minimum atomic E-state index is -1.21. The highest BCUT2D eigenvalue weighted by Gasteiger charge is 2.26. The summed E-state index contributed by atoms with van der Waals surface area (Å²) in [6.07, 6.45) is 2.59. The number of carboxylic acids is 1. The van der Waals surface area contributed by atoms with Crippen LogP contribution in [0.5, 0.6) is 0 Å². The average Bonchev–Trinajstić information content (AvgIpc) is 2.58. The molecule has 0 aliphatic carbocycles. The summed E-state index contributed by atoms with van der Waals surface area (Å²) in [6.45, 7) is 0. The molecule has 3 rings (SSSR count). The second kappa shape index (κ2) is 5.88. The minimum absolute atomic E-state index is 0.0537. The lowest BCUT2D eigenvalue weighted by Gasteiger charge is -2.06. The molecule has 1 heterocycles. The fraction of sp³-hybridized carbons (Fsp3) is 0.0556. The van der Waals surface area contributed by atoms with Crippen molar-refractivity contribution in [1.82, 2.24) is 0 Å². The molecule has 1 aromatic heterocycles. The van der Waals surface area contributed by atoms with Crippen LogP contribution in [0.15, 0.2) is 60.8 Å². The summed E-state index contributed by atoms with van der Waals surface area (Å²) in [5, 5.41) is 11.9. The van der Waals surface area contributed by atoms with Crippen LogP contribution in [-0.2, 0) is 14.3 Å². The van der Waals surface area contributed by atoms with Gasteiger partial charge in [0.05, 0.1) is 12.5 Å². The maximum Gasteiger partial charge on any atom is 0.404 e. The molecule has 0 aliphatic rings. The molecule has 0 unspecified atom stereocenters. The molecule has 5 heteroatoms. The number of esters is 1. The molecular weight excluding hydrogens is 294 g/mol. The van der Waals surface area contributed by atoms with Gasteiger partial charge >= 0.3 is 17.6 Å². The monoisotopic (exact) mass is 308 g/mol. The highest BCUT2D eigenvalue weighted by molar-refractivity contribution is 6.12. The van der Waals surface area contributed by atoms with Crippen molar-refractivity contribution in [2.24, 2.45) is 0 Å². The Morgan fingerprint density at radius 2 is 1.70 bits per heavy atom. The number of aliphatic carboxylic acids is 1. The number of aromatic nitrogens is 1. The lowest BCUT2D eigenvalue weighted by molar-refractivity contribution is -0.548. The fourth-order valence-corrected chi connectivity index (χ4v) is 2.62. The molecule has 0 amide bonds. The van der Waals surface area contributed by atoms with Crippen molar-refractivity contribution in [2.45, 2.75) is 0 Å². The van der Waals surface area contributed by atoms with Crippen molar-refractivity contribution in [1.29, 1.82) is 0 Å². The Balaban J connectivity index is 2.43. The molecule has 0 fully saturated rings. The van der Waals surface area contributed by atoms with Gasteiger partial charge in [-0.05, 0) is 12.1 Å². The molecule has 1 N–H and O–H groups in total. The number of methoxy groups -OCH3 is 1. The standard InChI is InChI=1S/C18H13NO4/c1-23-18(22)16(10-17(20)21)19-11-12-6-2-3-7-13(12)14-8-4-5-9-15(14)19/h2-11H,1H3/p+1/b16-10-. The highest BCUT2D eigenvalue weighted by Crippen LogP contribution is 2.23. The number of hydrogen-bond donors (Lipinski definition) is 1. The van der Waals surface area contributed by atoms with Crippen molar-refractivity contribution < 1.29 is 24.0 Å². The zero-order valence-corrected chi connectivity index (χ0v) is 12.4. The van der Waals surface area contributed by atoms with E-state index in [2.05, 4.69) is 0 Å². The summed E-state index contributed by atoms with van der Waals surface area (Å²) in [5.41, 5.74) is 0.672. The van der Waals surface area contributed by atoms with Crippen LogP contribution in [0.2, 0.25) is 0 Å². The lowest BCUT2D eigenvalue weighted by atomic mass is 10.1. The van der Waals surface area contributed by atoms with Crippen LogP contribution in [0.3, 0.4) is 0 Å². The van der Waals surface area contributed by atoms with E-state index in [0.29, 0.717) is 0 Å². The molecule has 5 nitrogen and oxygen atoms in total. The predicted molar refractivity (Wildman–Crippen MR) is 85.6 cm³/mol. The average molecular weight is 308 g/mol. The number of carbonyl (C=O) groups excluding carboxylic acids is 1. The van der Waals surface area contributed by atoms with E-state index in [-0.39, 0.29) is 5.70 Å². The molecule has 0 atom stereocenters. The third-order valence-electron chi connectivity index (χ3n) is 3.60. The number of hydrogen-bond acceptors (Lipinski definition) is 3. The van der Waals surface area contributed by atoms with E-state index in [1.807, 2.05) is 48.5 Å². The number of ether oxygens (including phenoxy) is 1. The number of benzene rings is 2. The number of fused-ring (bicyclic) bond motifs is 3. The first-order chi connectivity index (χ1) is 11.1. The molecule has 2 aromatic carbocycles. The first-order valence-electron chi connectivity index (χ1n) is 6.97. The molecule has 3 aromatic rings. The second-order valence-electron chi connectivity index (χ2n) is 4.96. The maximum atomic E-state index is 12.1. The third-order valence-corrected chi connectivity index (χ3v) is 3.60. The number of para-hydroxylation sites is 1. The van der Waals surface area contributed by atoms with Crippen LogP contribution < -0.4 is 4.57 Å². The van der Waals surface area contributed by atoms with Crippen LogP contribution in [0.1, 0.15) is 0 Å². The Morgan fingerprint density at radius 1 is 1.04 bits per heavy atom. The zero-order chi connectivity index (χ0) is 16.4. The molecule has 114 valence electrons. The number of nitrogens with zero attached hydrogens (tertiary/aromatic N) is 1. The van der Waals surface area contributed by atoms with Gasteiger partial charge in [0.25, 0.3) is 0 Å². The number of carboxylic acid groups (broad SMARTS) is 1. The summed E-state index contributed by atoms with van der Waals surface area (Å²) in [4.78, 5) is 23.2. The summed E-state index contributed by atoms with van der Waals surface area (Å²) in [6, 6.07) is 15.2. The largest absolute Gasteiger partial charge is 0.478 e. The first kappa shape index (κ1) is 14.7. The lowest BCUT2D eigenvalue weighted by Crippen LogP contribution is -2.38. The van der Waals surface area contributed by atoms with Crippen LogP contribution in [0.25, 0.3) is 27.4 Å². The van der Waals surface area contributed by atoms with E-state index in [0.717, 1.165) is 27.8 Å². The van der Waals surface area contributed by atoms with E-state index in [1.165, 1.54) is 7.11 Å². The topological polar surface area (TPSA) is 67.5 Å². The van der Waals surface area contributed by atoms with Gasteiger partial charge in [0.15, 0.2) is 6.20 Å². The van der Waals surface area contributed by atoms with E-state index < -0.39 is 11.9 Å². The quantitative estimate of drug-likeness (QED) is 0.349. The summed E-state index contributed by atoms with van der Waals surface area (Å²) in [7, 11) is 1.22. The predicted octanol–water partition coefficient (Wildman–Crippen LogP) is 2.38. The summed E-state index contributed by atoms with van der Waals surface area (Å²) < 4.78 is 6.29. The van der Waals surface area contributed by atoms with Crippen molar-refractivity contribution in [2.75, 3.05) is 7.11 Å². The Morgan fingerprint density at radius 3 is 2.39 bits per heavy atom. The number of carbonyl (C=O) groups is 2. The third kappa shape index (κ3) is 2.64. The van der Waals surface area contributed by atoms with Crippen LogP contribution >= 0.6 is 0 Å². The molecule has 0 radical (unpaired) electrons. The molecule has 23 heavy (non-hydrogen) atoms. The zero-order valence-electron chi connectivity index (χ0n) is 12.4. The van der Waals surface area contributed by atoms with Crippen LogP contribution in [0, 0.1) is 0 Å².